The Balaban J connectivity index is 2.92. The highest BCUT2D eigenvalue weighted by Crippen LogP contribution is 2.28. The average Bonchev–Trinajstić information content (AvgIpc) is 2.12. The predicted octanol–water partition coefficient (Wildman–Crippen LogP) is 3.12. The lowest BCUT2D eigenvalue weighted by Gasteiger charge is -2.02. The van der Waals surface area contributed by atoms with E-state index >= 15 is 0 Å². The summed E-state index contributed by atoms with van der Waals surface area (Å²) in [5, 5.41) is 2.75. The van der Waals surface area contributed by atoms with Crippen molar-refractivity contribution in [2.45, 2.75) is 0 Å². The molecule has 0 spiro atoms. The van der Waals surface area contributed by atoms with E-state index in [1.807, 2.05) is 6.07 Å². The number of fused-ring (bicyclic) bond motifs is 1. The largest absolute Gasteiger partial charge is 0.397 e. The summed E-state index contributed by atoms with van der Waals surface area (Å²) in [7, 11) is 0. The Morgan fingerprint density at radius 3 is 2.69 bits per heavy atom. The van der Waals surface area contributed by atoms with Crippen LogP contribution in [-0.2, 0) is 0 Å². The third kappa shape index (κ3) is 1.43. The van der Waals surface area contributed by atoms with Crippen LogP contribution in [0.25, 0.3) is 10.8 Å². The molecule has 0 amide bonds. The van der Waals surface area contributed by atoms with Crippen LogP contribution in [0.1, 0.15) is 0 Å². The topological polar surface area (TPSA) is 38.9 Å². The van der Waals surface area contributed by atoms with Gasteiger partial charge < -0.3 is 5.73 Å². The zero-order valence-corrected chi connectivity index (χ0v) is 8.10. The highest BCUT2D eigenvalue weighted by molar-refractivity contribution is 6.35. The SMILES string of the molecule is Nc1cnc(Cl)c2ccc(Cl)cc12. The zero-order valence-electron chi connectivity index (χ0n) is 6.59. The van der Waals surface area contributed by atoms with Gasteiger partial charge in [-0.3, -0.25) is 0 Å². The first kappa shape index (κ1) is 8.60. The molecule has 13 heavy (non-hydrogen) atoms. The lowest BCUT2D eigenvalue weighted by atomic mass is 10.1. The molecule has 0 aliphatic heterocycles. The molecular formula is C9H6Cl2N2. The van der Waals surface area contributed by atoms with Gasteiger partial charge in [-0.25, -0.2) is 4.98 Å². The number of anilines is 1. The van der Waals surface area contributed by atoms with Crippen molar-refractivity contribution in [3.63, 3.8) is 0 Å². The third-order valence-corrected chi connectivity index (χ3v) is 2.37. The quantitative estimate of drug-likeness (QED) is 0.682. The minimum Gasteiger partial charge on any atom is -0.397 e. The van der Waals surface area contributed by atoms with Crippen LogP contribution >= 0.6 is 23.2 Å². The van der Waals surface area contributed by atoms with Crippen molar-refractivity contribution in [3.8, 4) is 0 Å². The Morgan fingerprint density at radius 1 is 1.15 bits per heavy atom. The second kappa shape index (κ2) is 3.05. The Hall–Kier alpha value is -0.990. The summed E-state index contributed by atoms with van der Waals surface area (Å²) in [5.74, 6) is 0. The van der Waals surface area contributed by atoms with E-state index in [-0.39, 0.29) is 0 Å². The van der Waals surface area contributed by atoms with Gasteiger partial charge in [0.25, 0.3) is 0 Å². The van der Waals surface area contributed by atoms with E-state index in [1.54, 1.807) is 12.1 Å². The lowest BCUT2D eigenvalue weighted by molar-refractivity contribution is 1.36. The number of hydrogen-bond acceptors (Lipinski definition) is 2. The number of nitrogen functional groups attached to an aromatic ring is 1. The smallest absolute Gasteiger partial charge is 0.136 e. The molecule has 0 unspecified atom stereocenters. The molecule has 2 rings (SSSR count). The van der Waals surface area contributed by atoms with Crippen LogP contribution in [0.15, 0.2) is 24.4 Å². The van der Waals surface area contributed by atoms with Crippen molar-refractivity contribution in [2.24, 2.45) is 0 Å². The molecule has 0 radical (unpaired) electrons. The number of nitrogens with two attached hydrogens (primary N) is 1. The molecule has 2 N–H and O–H groups in total. The third-order valence-electron chi connectivity index (χ3n) is 1.83. The number of benzene rings is 1. The average molecular weight is 213 g/mol. The van der Waals surface area contributed by atoms with Crippen LogP contribution < -0.4 is 5.73 Å². The molecule has 0 fully saturated rings. The molecular weight excluding hydrogens is 207 g/mol. The van der Waals surface area contributed by atoms with Gasteiger partial charge in [0.2, 0.25) is 0 Å². The highest BCUT2D eigenvalue weighted by atomic mass is 35.5. The molecule has 0 atom stereocenters. The van der Waals surface area contributed by atoms with E-state index in [0.29, 0.717) is 15.9 Å². The Labute approximate surface area is 85.3 Å². The van der Waals surface area contributed by atoms with Crippen LogP contribution in [-0.4, -0.2) is 4.98 Å². The maximum absolute atomic E-state index is 5.87. The maximum atomic E-state index is 5.87. The fraction of sp³-hybridized carbons (Fsp3) is 0. The van der Waals surface area contributed by atoms with Crippen LogP contribution in [0, 0.1) is 0 Å². The van der Waals surface area contributed by atoms with Gasteiger partial charge in [0.15, 0.2) is 0 Å². The van der Waals surface area contributed by atoms with Crippen molar-refractivity contribution in [1.82, 2.24) is 4.98 Å². The molecule has 4 heteroatoms. The Kier molecular flexibility index (Phi) is 2.02. The summed E-state index contributed by atoms with van der Waals surface area (Å²) in [4.78, 5) is 3.93. The van der Waals surface area contributed by atoms with E-state index in [0.717, 1.165) is 10.8 Å². The van der Waals surface area contributed by atoms with Gasteiger partial charge in [0.05, 0.1) is 11.9 Å². The Bertz CT molecular complexity index is 468. The first-order chi connectivity index (χ1) is 6.18. The molecule has 1 aromatic heterocycles. The number of nitrogens with zero attached hydrogens (tertiary/aromatic N) is 1. The summed E-state index contributed by atoms with van der Waals surface area (Å²) in [5.41, 5.74) is 6.30. The monoisotopic (exact) mass is 212 g/mol. The standard InChI is InChI=1S/C9H6Cl2N2/c10-5-1-2-6-7(3-5)8(12)4-13-9(6)11/h1-4H,12H2. The van der Waals surface area contributed by atoms with Gasteiger partial charge in [-0.1, -0.05) is 23.2 Å². The summed E-state index contributed by atoms with van der Waals surface area (Å²) in [6, 6.07) is 5.35. The van der Waals surface area contributed by atoms with Crippen molar-refractivity contribution in [3.05, 3.63) is 34.6 Å². The number of halogens is 2. The van der Waals surface area contributed by atoms with Gasteiger partial charge in [0, 0.05) is 15.8 Å². The van der Waals surface area contributed by atoms with E-state index in [2.05, 4.69) is 4.98 Å². The minimum absolute atomic E-state index is 0.445. The van der Waals surface area contributed by atoms with Gasteiger partial charge in [-0.2, -0.15) is 0 Å². The van der Waals surface area contributed by atoms with Crippen molar-refractivity contribution < 1.29 is 0 Å². The number of aromatic nitrogens is 1. The molecule has 2 aromatic rings. The van der Waals surface area contributed by atoms with Crippen LogP contribution in [0.2, 0.25) is 10.2 Å². The zero-order chi connectivity index (χ0) is 9.42. The maximum Gasteiger partial charge on any atom is 0.136 e. The number of rotatable bonds is 0. The van der Waals surface area contributed by atoms with Crippen molar-refractivity contribution in [2.75, 3.05) is 5.73 Å². The molecule has 0 aliphatic carbocycles. The van der Waals surface area contributed by atoms with Crippen molar-refractivity contribution in [1.29, 1.82) is 0 Å². The second-order valence-electron chi connectivity index (χ2n) is 2.69. The molecule has 0 aliphatic rings. The summed E-state index contributed by atoms with van der Waals surface area (Å²) < 4.78 is 0. The molecule has 66 valence electrons. The number of pyridine rings is 1. The first-order valence-electron chi connectivity index (χ1n) is 3.68. The molecule has 0 saturated carbocycles. The van der Waals surface area contributed by atoms with Crippen LogP contribution in [0.4, 0.5) is 5.69 Å². The van der Waals surface area contributed by atoms with E-state index < -0.39 is 0 Å². The molecule has 2 nitrogen and oxygen atoms in total. The fourth-order valence-electron chi connectivity index (χ4n) is 1.20. The van der Waals surface area contributed by atoms with Gasteiger partial charge >= 0.3 is 0 Å². The molecule has 1 heterocycles. The van der Waals surface area contributed by atoms with Gasteiger partial charge in [-0.15, -0.1) is 0 Å². The lowest BCUT2D eigenvalue weighted by Crippen LogP contribution is -1.89. The normalized spacial score (nSPS) is 10.6. The molecule has 0 saturated heterocycles. The molecule has 0 bridgehead atoms. The van der Waals surface area contributed by atoms with Crippen LogP contribution in [0.3, 0.4) is 0 Å². The summed E-state index contributed by atoms with van der Waals surface area (Å²) in [6.07, 6.45) is 1.53. The minimum atomic E-state index is 0.445. The van der Waals surface area contributed by atoms with Crippen molar-refractivity contribution >= 4 is 39.7 Å². The fourth-order valence-corrected chi connectivity index (χ4v) is 1.59. The summed E-state index contributed by atoms with van der Waals surface area (Å²) in [6.45, 7) is 0. The van der Waals surface area contributed by atoms with E-state index in [1.165, 1.54) is 6.20 Å². The second-order valence-corrected chi connectivity index (χ2v) is 3.49. The van der Waals surface area contributed by atoms with Gasteiger partial charge in [0.1, 0.15) is 5.15 Å². The number of hydrogen-bond donors (Lipinski definition) is 1. The van der Waals surface area contributed by atoms with E-state index in [4.69, 9.17) is 28.9 Å². The first-order valence-corrected chi connectivity index (χ1v) is 4.43. The van der Waals surface area contributed by atoms with Crippen LogP contribution in [0.5, 0.6) is 0 Å². The molecule has 1 aromatic carbocycles. The summed E-state index contributed by atoms with van der Waals surface area (Å²) >= 11 is 11.7. The Morgan fingerprint density at radius 2 is 1.92 bits per heavy atom. The van der Waals surface area contributed by atoms with Gasteiger partial charge in [-0.05, 0) is 18.2 Å². The highest BCUT2D eigenvalue weighted by Gasteiger charge is 2.03. The van der Waals surface area contributed by atoms with E-state index in [9.17, 15) is 0 Å². The predicted molar refractivity (Wildman–Crippen MR) is 56.2 cm³/mol.